The monoisotopic (exact) mass is 261 g/mol. The van der Waals surface area contributed by atoms with Crippen LogP contribution in [0.2, 0.25) is 0 Å². The molecule has 0 atom stereocenters. The predicted molar refractivity (Wildman–Crippen MR) is 76.3 cm³/mol. The number of carbonyl (C=O) groups is 2. The summed E-state index contributed by atoms with van der Waals surface area (Å²) in [5.74, 6) is -0.168. The lowest BCUT2D eigenvalue weighted by Gasteiger charge is -2.10. The van der Waals surface area contributed by atoms with Gasteiger partial charge in [-0.2, -0.15) is 0 Å². The van der Waals surface area contributed by atoms with Gasteiger partial charge in [0.1, 0.15) is 0 Å². The van der Waals surface area contributed by atoms with E-state index in [9.17, 15) is 9.59 Å². The van der Waals surface area contributed by atoms with Crippen LogP contribution in [0.5, 0.6) is 0 Å². The zero-order valence-electron chi connectivity index (χ0n) is 11.2. The number of hydrogen-bond donors (Lipinski definition) is 3. The Morgan fingerprint density at radius 2 is 1.89 bits per heavy atom. The molecule has 19 heavy (non-hydrogen) atoms. The van der Waals surface area contributed by atoms with Gasteiger partial charge >= 0.3 is 6.03 Å². The Bertz CT molecular complexity index is 452. The highest BCUT2D eigenvalue weighted by Gasteiger charge is 2.06. The van der Waals surface area contributed by atoms with Gasteiger partial charge in [0, 0.05) is 23.8 Å². The highest BCUT2D eigenvalue weighted by atomic mass is 16.2. The Morgan fingerprint density at radius 1 is 1.26 bits per heavy atom. The summed E-state index contributed by atoms with van der Waals surface area (Å²) < 4.78 is 0. The van der Waals surface area contributed by atoms with Crippen LogP contribution < -0.4 is 16.0 Å². The van der Waals surface area contributed by atoms with Gasteiger partial charge in [-0.1, -0.05) is 6.08 Å². The first-order valence-electron chi connectivity index (χ1n) is 6.09. The Labute approximate surface area is 113 Å². The van der Waals surface area contributed by atoms with E-state index in [1.54, 1.807) is 30.3 Å². The smallest absolute Gasteiger partial charge is 0.319 e. The van der Waals surface area contributed by atoms with Crippen molar-refractivity contribution in [1.82, 2.24) is 10.6 Å². The molecular weight excluding hydrogens is 242 g/mol. The van der Waals surface area contributed by atoms with Gasteiger partial charge in [0.25, 0.3) is 5.91 Å². The molecule has 1 aromatic carbocycles. The lowest BCUT2D eigenvalue weighted by molar-refractivity contribution is 0.0958. The Morgan fingerprint density at radius 3 is 2.42 bits per heavy atom. The molecular formula is C14H19N3O2. The SMILES string of the molecule is C=CCNC(=O)c1ccc(NC(=O)NC(C)C)cc1. The molecule has 0 radical (unpaired) electrons. The van der Waals surface area contributed by atoms with E-state index in [4.69, 9.17) is 0 Å². The van der Waals surface area contributed by atoms with E-state index in [0.29, 0.717) is 17.8 Å². The molecule has 1 aromatic rings. The Hall–Kier alpha value is -2.30. The molecule has 5 nitrogen and oxygen atoms in total. The number of benzene rings is 1. The summed E-state index contributed by atoms with van der Waals surface area (Å²) >= 11 is 0. The topological polar surface area (TPSA) is 70.2 Å². The molecule has 0 saturated heterocycles. The molecule has 0 heterocycles. The third-order valence-corrected chi connectivity index (χ3v) is 2.23. The predicted octanol–water partition coefficient (Wildman–Crippen LogP) is 2.13. The minimum Gasteiger partial charge on any atom is -0.349 e. The second-order valence-electron chi connectivity index (χ2n) is 4.33. The summed E-state index contributed by atoms with van der Waals surface area (Å²) in [5, 5.41) is 8.08. The summed E-state index contributed by atoms with van der Waals surface area (Å²) in [6, 6.07) is 6.49. The highest BCUT2D eigenvalue weighted by molar-refractivity contribution is 5.95. The largest absolute Gasteiger partial charge is 0.349 e. The summed E-state index contributed by atoms with van der Waals surface area (Å²) in [6.45, 7) is 7.72. The fourth-order valence-electron chi connectivity index (χ4n) is 1.40. The molecule has 3 N–H and O–H groups in total. The van der Waals surface area contributed by atoms with Gasteiger partial charge in [-0.25, -0.2) is 4.79 Å². The van der Waals surface area contributed by atoms with Crippen LogP contribution in [0.15, 0.2) is 36.9 Å². The first-order chi connectivity index (χ1) is 9.02. The second kappa shape index (κ2) is 7.20. The van der Waals surface area contributed by atoms with E-state index in [2.05, 4.69) is 22.5 Å². The lowest BCUT2D eigenvalue weighted by Crippen LogP contribution is -2.34. The molecule has 0 aliphatic rings. The maximum atomic E-state index is 11.6. The van der Waals surface area contributed by atoms with Crippen molar-refractivity contribution in [3.63, 3.8) is 0 Å². The van der Waals surface area contributed by atoms with Gasteiger partial charge in [-0.3, -0.25) is 4.79 Å². The van der Waals surface area contributed by atoms with Crippen molar-refractivity contribution in [1.29, 1.82) is 0 Å². The number of anilines is 1. The fraction of sp³-hybridized carbons (Fsp3) is 0.286. The molecule has 0 aliphatic heterocycles. The van der Waals surface area contributed by atoms with Gasteiger partial charge < -0.3 is 16.0 Å². The summed E-state index contributed by atoms with van der Waals surface area (Å²) in [5.41, 5.74) is 1.18. The molecule has 0 unspecified atom stereocenters. The normalized spacial score (nSPS) is 9.84. The lowest BCUT2D eigenvalue weighted by atomic mass is 10.2. The van der Waals surface area contributed by atoms with Crippen LogP contribution in [0, 0.1) is 0 Å². The average molecular weight is 261 g/mol. The molecule has 0 spiro atoms. The Kier molecular flexibility index (Phi) is 5.60. The summed E-state index contributed by atoms with van der Waals surface area (Å²) in [4.78, 5) is 23.1. The molecule has 3 amide bonds. The van der Waals surface area contributed by atoms with E-state index in [0.717, 1.165) is 0 Å². The van der Waals surface area contributed by atoms with Crippen molar-refractivity contribution in [2.75, 3.05) is 11.9 Å². The highest BCUT2D eigenvalue weighted by Crippen LogP contribution is 2.09. The van der Waals surface area contributed by atoms with Crippen molar-refractivity contribution < 1.29 is 9.59 Å². The van der Waals surface area contributed by atoms with Crippen LogP contribution in [0.3, 0.4) is 0 Å². The minimum absolute atomic E-state index is 0.0731. The molecule has 1 rings (SSSR count). The molecule has 0 aliphatic carbocycles. The maximum Gasteiger partial charge on any atom is 0.319 e. The number of hydrogen-bond acceptors (Lipinski definition) is 2. The molecule has 5 heteroatoms. The van der Waals surface area contributed by atoms with Gasteiger partial charge in [-0.05, 0) is 38.1 Å². The minimum atomic E-state index is -0.265. The van der Waals surface area contributed by atoms with Crippen molar-refractivity contribution in [2.24, 2.45) is 0 Å². The van der Waals surface area contributed by atoms with E-state index < -0.39 is 0 Å². The average Bonchev–Trinajstić information content (AvgIpc) is 2.35. The van der Waals surface area contributed by atoms with Gasteiger partial charge in [0.2, 0.25) is 0 Å². The first-order valence-corrected chi connectivity index (χ1v) is 6.09. The number of amides is 3. The number of carbonyl (C=O) groups excluding carboxylic acids is 2. The fourth-order valence-corrected chi connectivity index (χ4v) is 1.40. The van der Waals surface area contributed by atoms with Crippen molar-refractivity contribution in [3.05, 3.63) is 42.5 Å². The van der Waals surface area contributed by atoms with Crippen LogP contribution in [-0.2, 0) is 0 Å². The summed E-state index contributed by atoms with van der Waals surface area (Å²) in [7, 11) is 0. The van der Waals surface area contributed by atoms with Gasteiger partial charge in [0.05, 0.1) is 0 Å². The second-order valence-corrected chi connectivity index (χ2v) is 4.33. The van der Waals surface area contributed by atoms with Crippen LogP contribution in [0.1, 0.15) is 24.2 Å². The third-order valence-electron chi connectivity index (χ3n) is 2.23. The van der Waals surface area contributed by atoms with Gasteiger partial charge in [0.15, 0.2) is 0 Å². The number of rotatable bonds is 5. The summed E-state index contributed by atoms with van der Waals surface area (Å²) in [6.07, 6.45) is 1.62. The van der Waals surface area contributed by atoms with Crippen LogP contribution in [0.25, 0.3) is 0 Å². The van der Waals surface area contributed by atoms with Crippen LogP contribution >= 0.6 is 0 Å². The zero-order valence-corrected chi connectivity index (χ0v) is 11.2. The van der Waals surface area contributed by atoms with Gasteiger partial charge in [-0.15, -0.1) is 6.58 Å². The van der Waals surface area contributed by atoms with E-state index in [1.165, 1.54) is 0 Å². The third kappa shape index (κ3) is 5.25. The van der Waals surface area contributed by atoms with E-state index >= 15 is 0 Å². The van der Waals surface area contributed by atoms with E-state index in [-0.39, 0.29) is 18.0 Å². The number of nitrogens with one attached hydrogen (secondary N) is 3. The number of urea groups is 1. The molecule has 0 saturated carbocycles. The van der Waals surface area contributed by atoms with Crippen LogP contribution in [0.4, 0.5) is 10.5 Å². The standard InChI is InChI=1S/C14H19N3O2/c1-4-9-15-13(18)11-5-7-12(8-6-11)17-14(19)16-10(2)3/h4-8,10H,1,9H2,2-3H3,(H,15,18)(H2,16,17,19). The molecule has 0 bridgehead atoms. The molecule has 0 aromatic heterocycles. The molecule has 102 valence electrons. The van der Waals surface area contributed by atoms with E-state index in [1.807, 2.05) is 13.8 Å². The zero-order chi connectivity index (χ0) is 14.3. The van der Waals surface area contributed by atoms with Crippen molar-refractivity contribution in [2.45, 2.75) is 19.9 Å². The van der Waals surface area contributed by atoms with Crippen molar-refractivity contribution in [3.8, 4) is 0 Å². The maximum absolute atomic E-state index is 11.6. The quantitative estimate of drug-likeness (QED) is 0.711. The Balaban J connectivity index is 2.58. The molecule has 0 fully saturated rings. The van der Waals surface area contributed by atoms with Crippen molar-refractivity contribution >= 4 is 17.6 Å². The first kappa shape index (κ1) is 14.8. The van der Waals surface area contributed by atoms with Crippen LogP contribution in [-0.4, -0.2) is 24.5 Å².